The van der Waals surface area contributed by atoms with Crippen LogP contribution in [0.4, 0.5) is 0 Å². The van der Waals surface area contributed by atoms with Crippen molar-refractivity contribution in [1.82, 2.24) is 15.2 Å². The summed E-state index contributed by atoms with van der Waals surface area (Å²) in [4.78, 5) is 4.24. The third kappa shape index (κ3) is 5.02. The van der Waals surface area contributed by atoms with Gasteiger partial charge in [0.1, 0.15) is 11.3 Å². The lowest BCUT2D eigenvalue weighted by Gasteiger charge is -2.11. The number of nitrogens with zero attached hydrogens (tertiary/aromatic N) is 2. The first kappa shape index (κ1) is 18.4. The molecular weight excluding hydrogens is 415 g/mol. The van der Waals surface area contributed by atoms with Gasteiger partial charge in [0.05, 0.1) is 0 Å². The summed E-state index contributed by atoms with van der Waals surface area (Å²) in [6, 6.07) is 14.2. The smallest absolute Gasteiger partial charge is 0.191 e. The fourth-order valence-corrected chi connectivity index (χ4v) is 2.51. The van der Waals surface area contributed by atoms with Gasteiger partial charge in [0, 0.05) is 50.9 Å². The zero-order valence-corrected chi connectivity index (χ0v) is 16.1. The lowest BCUT2D eigenvalue weighted by atomic mass is 10.2. The number of fused-ring (bicyclic) bond motifs is 1. The second-order valence-electron chi connectivity index (χ2n) is 5.35. The molecule has 2 aromatic heterocycles. The summed E-state index contributed by atoms with van der Waals surface area (Å²) in [7, 11) is 1.78. The van der Waals surface area contributed by atoms with Crippen molar-refractivity contribution >= 4 is 40.9 Å². The molecule has 0 unspecified atom stereocenters. The molecule has 0 fully saturated rings. The molecule has 2 heterocycles. The van der Waals surface area contributed by atoms with Crippen molar-refractivity contribution in [3.8, 4) is 0 Å². The Balaban J connectivity index is 0.00000208. The number of benzene rings is 1. The van der Waals surface area contributed by atoms with E-state index in [1.54, 1.807) is 7.05 Å². The Hall–Kier alpha value is -1.96. The Morgan fingerprint density at radius 2 is 1.83 bits per heavy atom. The number of nitrogens with one attached hydrogen (secondary N) is 2. The summed E-state index contributed by atoms with van der Waals surface area (Å²) >= 11 is 0. The zero-order chi connectivity index (χ0) is 15.9. The molecule has 24 heavy (non-hydrogen) atoms. The third-order valence-corrected chi connectivity index (χ3v) is 3.69. The van der Waals surface area contributed by atoms with Crippen molar-refractivity contribution in [2.24, 2.45) is 4.99 Å². The highest BCUT2D eigenvalue weighted by Crippen LogP contribution is 2.18. The quantitative estimate of drug-likeness (QED) is 0.353. The van der Waals surface area contributed by atoms with Crippen LogP contribution in [0.2, 0.25) is 0 Å². The molecule has 0 bridgehead atoms. The van der Waals surface area contributed by atoms with Gasteiger partial charge in [-0.05, 0) is 24.3 Å². The normalized spacial score (nSPS) is 11.3. The van der Waals surface area contributed by atoms with Crippen LogP contribution >= 0.6 is 24.0 Å². The summed E-state index contributed by atoms with van der Waals surface area (Å²) in [5.74, 6) is 1.80. The highest BCUT2D eigenvalue weighted by atomic mass is 127. The highest BCUT2D eigenvalue weighted by molar-refractivity contribution is 14.0. The molecule has 0 radical (unpaired) electrons. The number of halogens is 1. The van der Waals surface area contributed by atoms with Crippen molar-refractivity contribution in [2.45, 2.75) is 13.0 Å². The number of aromatic nitrogens is 1. The van der Waals surface area contributed by atoms with Crippen LogP contribution in [0.5, 0.6) is 0 Å². The summed E-state index contributed by atoms with van der Waals surface area (Å²) in [5.41, 5.74) is 0.941. The fraction of sp³-hybridized carbons (Fsp3) is 0.278. The fourth-order valence-electron chi connectivity index (χ4n) is 2.51. The van der Waals surface area contributed by atoms with Crippen molar-refractivity contribution in [1.29, 1.82) is 0 Å². The van der Waals surface area contributed by atoms with Crippen molar-refractivity contribution in [3.05, 3.63) is 60.6 Å². The molecule has 6 heteroatoms. The molecule has 3 rings (SSSR count). The van der Waals surface area contributed by atoms with Crippen LogP contribution in [0.25, 0.3) is 11.0 Å². The second-order valence-corrected chi connectivity index (χ2v) is 5.35. The first-order chi connectivity index (χ1) is 11.3. The van der Waals surface area contributed by atoms with Crippen LogP contribution in [0.3, 0.4) is 0 Å². The van der Waals surface area contributed by atoms with Crippen LogP contribution < -0.4 is 10.6 Å². The van der Waals surface area contributed by atoms with Gasteiger partial charge in [0.25, 0.3) is 0 Å². The molecule has 0 aliphatic carbocycles. The molecule has 5 nitrogen and oxygen atoms in total. The van der Waals surface area contributed by atoms with E-state index in [-0.39, 0.29) is 24.0 Å². The number of para-hydroxylation sites is 1. The second kappa shape index (κ2) is 9.36. The average Bonchev–Trinajstić information content (AvgIpc) is 3.22. The summed E-state index contributed by atoms with van der Waals surface area (Å²) in [6.07, 6.45) is 4.94. The van der Waals surface area contributed by atoms with Gasteiger partial charge in [-0.1, -0.05) is 18.2 Å². The molecule has 0 saturated heterocycles. The predicted octanol–water partition coefficient (Wildman–Crippen LogP) is 3.26. The molecule has 0 atom stereocenters. The average molecular weight is 438 g/mol. The molecule has 3 aromatic rings. The van der Waals surface area contributed by atoms with E-state index in [4.69, 9.17) is 4.42 Å². The molecule has 0 saturated carbocycles. The number of guanidine groups is 1. The van der Waals surface area contributed by atoms with Gasteiger partial charge in [-0.25, -0.2) is 0 Å². The van der Waals surface area contributed by atoms with E-state index < -0.39 is 0 Å². The standard InChI is InChI=1S/C18H22N4O.HI/c1-19-18(21-10-13-22-11-4-5-12-22)20-9-8-16-14-15-6-2-3-7-17(15)23-16;/h2-7,11-12,14H,8-10,13H2,1H3,(H2,19,20,21);1H. The Morgan fingerprint density at radius 3 is 2.58 bits per heavy atom. The van der Waals surface area contributed by atoms with E-state index in [0.717, 1.165) is 48.7 Å². The van der Waals surface area contributed by atoms with Gasteiger partial charge in [-0.3, -0.25) is 4.99 Å². The molecule has 1 aromatic carbocycles. The van der Waals surface area contributed by atoms with Crippen molar-refractivity contribution < 1.29 is 4.42 Å². The highest BCUT2D eigenvalue weighted by Gasteiger charge is 2.03. The van der Waals surface area contributed by atoms with Crippen LogP contribution in [0.1, 0.15) is 5.76 Å². The Labute approximate surface area is 159 Å². The lowest BCUT2D eigenvalue weighted by Crippen LogP contribution is -2.39. The van der Waals surface area contributed by atoms with E-state index >= 15 is 0 Å². The Morgan fingerprint density at radius 1 is 1.08 bits per heavy atom. The molecule has 0 aliphatic rings. The Kier molecular flexibility index (Phi) is 7.17. The summed E-state index contributed by atoms with van der Waals surface area (Å²) in [6.45, 7) is 2.53. The van der Waals surface area contributed by atoms with E-state index in [2.05, 4.69) is 44.7 Å². The van der Waals surface area contributed by atoms with E-state index in [1.807, 2.05) is 30.3 Å². The van der Waals surface area contributed by atoms with Crippen molar-refractivity contribution in [3.63, 3.8) is 0 Å². The van der Waals surface area contributed by atoms with E-state index in [1.165, 1.54) is 0 Å². The van der Waals surface area contributed by atoms with E-state index in [9.17, 15) is 0 Å². The zero-order valence-electron chi connectivity index (χ0n) is 13.7. The van der Waals surface area contributed by atoms with Gasteiger partial charge >= 0.3 is 0 Å². The number of aliphatic imine (C=N–C) groups is 1. The lowest BCUT2D eigenvalue weighted by molar-refractivity contribution is 0.544. The third-order valence-electron chi connectivity index (χ3n) is 3.69. The van der Waals surface area contributed by atoms with Gasteiger partial charge in [-0.15, -0.1) is 24.0 Å². The molecular formula is C18H23IN4O. The first-order valence-electron chi connectivity index (χ1n) is 7.88. The van der Waals surface area contributed by atoms with Gasteiger partial charge < -0.3 is 19.6 Å². The van der Waals surface area contributed by atoms with Crippen LogP contribution in [-0.2, 0) is 13.0 Å². The maximum Gasteiger partial charge on any atom is 0.191 e. The van der Waals surface area contributed by atoms with E-state index in [0.29, 0.717) is 0 Å². The molecule has 0 spiro atoms. The minimum atomic E-state index is 0. The van der Waals surface area contributed by atoms with Gasteiger partial charge in [0.2, 0.25) is 0 Å². The summed E-state index contributed by atoms with van der Waals surface area (Å²) in [5, 5.41) is 7.77. The van der Waals surface area contributed by atoms with Gasteiger partial charge in [0.15, 0.2) is 5.96 Å². The van der Waals surface area contributed by atoms with Gasteiger partial charge in [-0.2, -0.15) is 0 Å². The summed E-state index contributed by atoms with van der Waals surface area (Å²) < 4.78 is 7.94. The van der Waals surface area contributed by atoms with Crippen LogP contribution in [0, 0.1) is 0 Å². The largest absolute Gasteiger partial charge is 0.461 e. The molecule has 128 valence electrons. The minimum absolute atomic E-state index is 0. The predicted molar refractivity (Wildman–Crippen MR) is 109 cm³/mol. The maximum atomic E-state index is 5.81. The first-order valence-corrected chi connectivity index (χ1v) is 7.88. The topological polar surface area (TPSA) is 54.5 Å². The number of hydrogen-bond donors (Lipinski definition) is 2. The number of hydrogen-bond acceptors (Lipinski definition) is 2. The Bertz CT molecular complexity index is 731. The molecule has 0 aliphatic heterocycles. The molecule has 2 N–H and O–H groups in total. The molecule has 0 amide bonds. The monoisotopic (exact) mass is 438 g/mol. The van der Waals surface area contributed by atoms with Crippen LogP contribution in [-0.4, -0.2) is 30.7 Å². The number of rotatable bonds is 6. The van der Waals surface area contributed by atoms with Crippen molar-refractivity contribution in [2.75, 3.05) is 20.1 Å². The minimum Gasteiger partial charge on any atom is -0.461 e. The maximum absolute atomic E-state index is 5.81. The van der Waals surface area contributed by atoms with Crippen LogP contribution in [0.15, 0.2) is 64.3 Å². The SMILES string of the molecule is CN=C(NCCc1cc2ccccc2o1)NCCn1cccc1.I. The number of furan rings is 1.